The van der Waals surface area contributed by atoms with Crippen molar-refractivity contribution in [2.75, 3.05) is 13.9 Å². The van der Waals surface area contributed by atoms with Crippen LogP contribution in [0.15, 0.2) is 30.5 Å². The zero-order valence-corrected chi connectivity index (χ0v) is 16.1. The van der Waals surface area contributed by atoms with Gasteiger partial charge in [-0.3, -0.25) is 4.98 Å². The van der Waals surface area contributed by atoms with Crippen LogP contribution in [0.4, 0.5) is 8.78 Å². The van der Waals surface area contributed by atoms with Gasteiger partial charge in [0, 0.05) is 18.9 Å². The molecule has 30 heavy (non-hydrogen) atoms. The van der Waals surface area contributed by atoms with E-state index in [1.807, 2.05) is 0 Å². The summed E-state index contributed by atoms with van der Waals surface area (Å²) in [5, 5.41) is 20.5. The predicted octanol–water partition coefficient (Wildman–Crippen LogP) is 4.08. The second kappa shape index (κ2) is 7.68. The fraction of sp³-hybridized carbons (Fsp3) is 0.190. The summed E-state index contributed by atoms with van der Waals surface area (Å²) in [6.45, 7) is 1.76. The molecule has 0 fully saturated rings. The molecule has 2 aromatic carbocycles. The molecule has 0 unspecified atom stereocenters. The lowest BCUT2D eigenvalue weighted by atomic mass is 9.94. The molecule has 0 spiro atoms. The van der Waals surface area contributed by atoms with Crippen molar-refractivity contribution in [1.82, 2.24) is 15.0 Å². The van der Waals surface area contributed by atoms with E-state index >= 15 is 4.39 Å². The zero-order chi connectivity index (χ0) is 21.4. The third-order valence-electron chi connectivity index (χ3n) is 4.75. The van der Waals surface area contributed by atoms with Crippen LogP contribution in [0, 0.1) is 11.6 Å². The number of ether oxygens (including phenoxy) is 2. The Morgan fingerprint density at radius 1 is 1.10 bits per heavy atom. The van der Waals surface area contributed by atoms with Crippen molar-refractivity contribution in [2.24, 2.45) is 0 Å². The van der Waals surface area contributed by atoms with Gasteiger partial charge in [0.25, 0.3) is 0 Å². The molecular formula is C21H17F2N3O4. The first-order valence-corrected chi connectivity index (χ1v) is 9.06. The predicted molar refractivity (Wildman–Crippen MR) is 105 cm³/mol. The standard InChI is InChI=1S/C21H17F2N3O4/c1-3-12-15(22)5-4-10-6-11(30-9-29-2)7-13(16(10)12)18-17(23)19-14(8-24-18)20(27)26-21(28)25-19/h4-8H,3,9H2,1-2H3,(H2,25,26,27,28). The van der Waals surface area contributed by atoms with Crippen molar-refractivity contribution in [1.29, 1.82) is 0 Å². The molecule has 0 radical (unpaired) electrons. The van der Waals surface area contributed by atoms with Crippen LogP contribution in [0.1, 0.15) is 12.5 Å². The van der Waals surface area contributed by atoms with E-state index in [-0.39, 0.29) is 29.0 Å². The van der Waals surface area contributed by atoms with Crippen LogP contribution >= 0.6 is 0 Å². The average molecular weight is 413 g/mol. The lowest BCUT2D eigenvalue weighted by molar-refractivity contribution is 0.0512. The highest BCUT2D eigenvalue weighted by Crippen LogP contribution is 2.38. The highest BCUT2D eigenvalue weighted by molar-refractivity contribution is 6.01. The quantitative estimate of drug-likeness (QED) is 0.476. The number of aromatic hydroxyl groups is 2. The van der Waals surface area contributed by atoms with E-state index < -0.39 is 23.5 Å². The van der Waals surface area contributed by atoms with E-state index in [2.05, 4.69) is 15.0 Å². The minimum Gasteiger partial charge on any atom is -0.493 e. The fourth-order valence-corrected chi connectivity index (χ4v) is 3.45. The Kier molecular flexibility index (Phi) is 5.04. The number of pyridine rings is 1. The lowest BCUT2D eigenvalue weighted by Crippen LogP contribution is -2.02. The Balaban J connectivity index is 2.08. The van der Waals surface area contributed by atoms with Gasteiger partial charge in [-0.2, -0.15) is 9.97 Å². The van der Waals surface area contributed by atoms with Crippen LogP contribution in [-0.4, -0.2) is 39.1 Å². The molecule has 0 aliphatic rings. The van der Waals surface area contributed by atoms with Crippen LogP contribution in [-0.2, 0) is 11.2 Å². The fourth-order valence-electron chi connectivity index (χ4n) is 3.45. The Labute approximate surface area is 169 Å². The van der Waals surface area contributed by atoms with E-state index in [0.29, 0.717) is 28.5 Å². The molecule has 0 saturated heterocycles. The Morgan fingerprint density at radius 3 is 2.63 bits per heavy atom. The van der Waals surface area contributed by atoms with Crippen molar-refractivity contribution >= 4 is 21.7 Å². The number of methoxy groups -OCH3 is 1. The monoisotopic (exact) mass is 413 g/mol. The lowest BCUT2D eigenvalue weighted by Gasteiger charge is -2.15. The number of aromatic nitrogens is 3. The van der Waals surface area contributed by atoms with Crippen molar-refractivity contribution in [2.45, 2.75) is 13.3 Å². The van der Waals surface area contributed by atoms with Gasteiger partial charge in [-0.15, -0.1) is 0 Å². The second-order valence-electron chi connectivity index (χ2n) is 6.53. The van der Waals surface area contributed by atoms with Gasteiger partial charge in [0.1, 0.15) is 22.8 Å². The summed E-state index contributed by atoms with van der Waals surface area (Å²) in [5.41, 5.74) is 0.242. The number of hydrogen-bond donors (Lipinski definition) is 2. The summed E-state index contributed by atoms with van der Waals surface area (Å²) >= 11 is 0. The van der Waals surface area contributed by atoms with Gasteiger partial charge < -0.3 is 19.7 Å². The van der Waals surface area contributed by atoms with Crippen LogP contribution < -0.4 is 4.74 Å². The summed E-state index contributed by atoms with van der Waals surface area (Å²) in [5.74, 6) is -1.53. The summed E-state index contributed by atoms with van der Waals surface area (Å²) in [6, 6.07) is 5.39. The average Bonchev–Trinajstić information content (AvgIpc) is 2.72. The first-order valence-electron chi connectivity index (χ1n) is 9.06. The van der Waals surface area contributed by atoms with Gasteiger partial charge >= 0.3 is 6.01 Å². The van der Waals surface area contributed by atoms with Crippen molar-refractivity contribution in [3.63, 3.8) is 0 Å². The molecule has 2 N–H and O–H groups in total. The molecule has 0 atom stereocenters. The molecule has 154 valence electrons. The van der Waals surface area contributed by atoms with E-state index in [0.717, 1.165) is 0 Å². The molecule has 0 bridgehead atoms. The summed E-state index contributed by atoms with van der Waals surface area (Å²) in [4.78, 5) is 11.2. The molecule has 2 heterocycles. The molecule has 9 heteroatoms. The number of benzene rings is 2. The smallest absolute Gasteiger partial charge is 0.317 e. The van der Waals surface area contributed by atoms with E-state index in [9.17, 15) is 14.6 Å². The van der Waals surface area contributed by atoms with Gasteiger partial charge in [-0.1, -0.05) is 13.0 Å². The first-order chi connectivity index (χ1) is 14.4. The van der Waals surface area contributed by atoms with Gasteiger partial charge in [0.05, 0.1) is 5.39 Å². The number of rotatable bonds is 5. The van der Waals surface area contributed by atoms with E-state index in [4.69, 9.17) is 9.47 Å². The van der Waals surface area contributed by atoms with Crippen molar-refractivity contribution < 1.29 is 28.5 Å². The van der Waals surface area contributed by atoms with Crippen molar-refractivity contribution in [3.8, 4) is 28.9 Å². The molecular weight excluding hydrogens is 396 g/mol. The molecule has 4 aromatic rings. The molecule has 0 aliphatic carbocycles. The maximum atomic E-state index is 15.4. The van der Waals surface area contributed by atoms with Crippen LogP contribution in [0.5, 0.6) is 17.6 Å². The zero-order valence-electron chi connectivity index (χ0n) is 16.1. The summed E-state index contributed by atoms with van der Waals surface area (Å²) in [7, 11) is 1.47. The number of nitrogens with zero attached hydrogens (tertiary/aromatic N) is 3. The third kappa shape index (κ3) is 3.22. The summed E-state index contributed by atoms with van der Waals surface area (Å²) < 4.78 is 40.4. The van der Waals surface area contributed by atoms with Gasteiger partial charge in [-0.05, 0) is 41.0 Å². The Morgan fingerprint density at radius 2 is 1.90 bits per heavy atom. The van der Waals surface area contributed by atoms with Crippen molar-refractivity contribution in [3.05, 3.63) is 47.7 Å². The third-order valence-corrected chi connectivity index (χ3v) is 4.75. The molecule has 0 aliphatic heterocycles. The van der Waals surface area contributed by atoms with Gasteiger partial charge in [0.2, 0.25) is 5.88 Å². The minimum absolute atomic E-state index is 0.0324. The molecule has 2 aromatic heterocycles. The molecule has 0 saturated carbocycles. The first kappa shape index (κ1) is 19.7. The maximum Gasteiger partial charge on any atom is 0.317 e. The minimum atomic E-state index is -0.892. The highest BCUT2D eigenvalue weighted by Gasteiger charge is 2.21. The Hall–Kier alpha value is -3.59. The highest BCUT2D eigenvalue weighted by atomic mass is 19.1. The summed E-state index contributed by atoms with van der Waals surface area (Å²) in [6.07, 6.45) is 1.56. The van der Waals surface area contributed by atoms with Crippen LogP contribution in [0.25, 0.3) is 32.9 Å². The van der Waals surface area contributed by atoms with Crippen LogP contribution in [0.3, 0.4) is 0 Å². The SMILES string of the molecule is CCc1c(F)ccc2cc(OCOC)cc(-c3ncc4c(O)nc(O)nc4c3F)c12. The number of fused-ring (bicyclic) bond motifs is 2. The molecule has 7 nitrogen and oxygen atoms in total. The van der Waals surface area contributed by atoms with E-state index in [1.165, 1.54) is 25.4 Å². The number of halogens is 2. The van der Waals surface area contributed by atoms with Gasteiger partial charge in [-0.25, -0.2) is 8.78 Å². The van der Waals surface area contributed by atoms with E-state index in [1.54, 1.807) is 19.1 Å². The van der Waals surface area contributed by atoms with Crippen LogP contribution in [0.2, 0.25) is 0 Å². The topological polar surface area (TPSA) is 97.6 Å². The second-order valence-corrected chi connectivity index (χ2v) is 6.53. The normalized spacial score (nSPS) is 11.3. The number of hydrogen-bond acceptors (Lipinski definition) is 7. The molecule has 0 amide bonds. The number of aryl methyl sites for hydroxylation is 1. The van der Waals surface area contributed by atoms with Gasteiger partial charge in [0.15, 0.2) is 12.6 Å². The molecule has 4 rings (SSSR count). The largest absolute Gasteiger partial charge is 0.493 e. The maximum absolute atomic E-state index is 15.4. The Bertz CT molecular complexity index is 1280.